The molecule has 1 aromatic rings. The van der Waals surface area contributed by atoms with Crippen molar-refractivity contribution in [2.75, 3.05) is 0 Å². The van der Waals surface area contributed by atoms with Crippen LogP contribution in [0.5, 0.6) is 5.75 Å². The third-order valence-corrected chi connectivity index (χ3v) is 3.81. The van der Waals surface area contributed by atoms with Gasteiger partial charge in [0.15, 0.2) is 5.60 Å². The van der Waals surface area contributed by atoms with E-state index in [1.54, 1.807) is 53.7 Å². The minimum absolute atomic E-state index is 0.115. The number of carboxylic acid groups (broad SMARTS) is 1. The zero-order valence-electron chi connectivity index (χ0n) is 15.5. The van der Waals surface area contributed by atoms with Gasteiger partial charge in [-0.1, -0.05) is 26.0 Å². The van der Waals surface area contributed by atoms with Crippen LogP contribution in [0.1, 0.15) is 59.9 Å². The monoisotopic (exact) mass is 336 g/mol. The van der Waals surface area contributed by atoms with E-state index in [2.05, 4.69) is 0 Å². The first-order valence-electron chi connectivity index (χ1n) is 8.09. The van der Waals surface area contributed by atoms with Crippen LogP contribution < -0.4 is 4.74 Å². The smallest absolute Gasteiger partial charge is 0.350 e. The molecule has 24 heavy (non-hydrogen) atoms. The largest absolute Gasteiger partial charge is 0.481 e. The number of carbonyl (C=O) groups is 2. The maximum absolute atomic E-state index is 12.2. The van der Waals surface area contributed by atoms with Gasteiger partial charge in [-0.2, -0.15) is 0 Å². The van der Waals surface area contributed by atoms with Crippen molar-refractivity contribution in [3.05, 3.63) is 29.8 Å². The first kappa shape index (κ1) is 20.0. The summed E-state index contributed by atoms with van der Waals surface area (Å²) in [5.41, 5.74) is -0.786. The average molecular weight is 336 g/mol. The maximum atomic E-state index is 12.2. The van der Waals surface area contributed by atoms with Gasteiger partial charge < -0.3 is 14.6 Å². The predicted molar refractivity (Wildman–Crippen MR) is 92.2 cm³/mol. The van der Waals surface area contributed by atoms with E-state index in [0.717, 1.165) is 5.56 Å². The number of carboxylic acids is 1. The fourth-order valence-electron chi connectivity index (χ4n) is 2.08. The van der Waals surface area contributed by atoms with Gasteiger partial charge in [-0.25, -0.2) is 4.79 Å². The topological polar surface area (TPSA) is 72.8 Å². The Morgan fingerprint density at radius 2 is 1.50 bits per heavy atom. The molecule has 5 nitrogen and oxygen atoms in total. The van der Waals surface area contributed by atoms with Gasteiger partial charge in [-0.15, -0.1) is 0 Å². The molecule has 134 valence electrons. The fourth-order valence-corrected chi connectivity index (χ4v) is 2.08. The number of ether oxygens (including phenoxy) is 2. The van der Waals surface area contributed by atoms with E-state index in [9.17, 15) is 9.59 Å². The molecule has 5 heteroatoms. The van der Waals surface area contributed by atoms with Crippen molar-refractivity contribution in [3.8, 4) is 5.75 Å². The molecule has 1 rings (SSSR count). The molecular weight excluding hydrogens is 308 g/mol. The van der Waals surface area contributed by atoms with Crippen LogP contribution in [-0.4, -0.2) is 28.2 Å². The summed E-state index contributed by atoms with van der Waals surface area (Å²) in [7, 11) is 0. The molecule has 0 aliphatic carbocycles. The molecule has 1 aromatic carbocycles. The first-order chi connectivity index (χ1) is 10.8. The van der Waals surface area contributed by atoms with Gasteiger partial charge in [0, 0.05) is 0 Å². The normalized spacial score (nSPS) is 14.6. The Morgan fingerprint density at radius 1 is 1.00 bits per heavy atom. The summed E-state index contributed by atoms with van der Waals surface area (Å²) in [6.07, 6.45) is 0. The molecule has 0 aliphatic rings. The highest BCUT2D eigenvalue weighted by Gasteiger charge is 2.34. The Labute approximate surface area is 144 Å². The van der Waals surface area contributed by atoms with Crippen LogP contribution in [-0.2, 0) is 14.3 Å². The van der Waals surface area contributed by atoms with Crippen molar-refractivity contribution in [1.82, 2.24) is 0 Å². The van der Waals surface area contributed by atoms with E-state index in [0.29, 0.717) is 5.75 Å². The van der Waals surface area contributed by atoms with Crippen LogP contribution in [0.4, 0.5) is 0 Å². The number of esters is 1. The summed E-state index contributed by atoms with van der Waals surface area (Å²) in [6, 6.07) is 7.13. The number of hydrogen-bond donors (Lipinski definition) is 1. The second-order valence-corrected chi connectivity index (χ2v) is 7.60. The minimum atomic E-state index is -1.12. The van der Waals surface area contributed by atoms with Crippen molar-refractivity contribution < 1.29 is 24.2 Å². The molecular formula is C19H28O5. The van der Waals surface area contributed by atoms with Gasteiger partial charge in [-0.05, 0) is 58.2 Å². The van der Waals surface area contributed by atoms with Gasteiger partial charge in [0.25, 0.3) is 0 Å². The maximum Gasteiger partial charge on any atom is 0.350 e. The number of benzene rings is 1. The highest BCUT2D eigenvalue weighted by Crippen LogP contribution is 2.28. The van der Waals surface area contributed by atoms with E-state index in [1.807, 2.05) is 19.1 Å². The number of carbonyl (C=O) groups excluding carboxylic acids is 1. The Bertz CT molecular complexity index is 581. The van der Waals surface area contributed by atoms with Gasteiger partial charge in [-0.3, -0.25) is 4.79 Å². The lowest BCUT2D eigenvalue weighted by molar-refractivity contribution is -0.170. The van der Waals surface area contributed by atoms with Crippen molar-refractivity contribution in [1.29, 1.82) is 0 Å². The van der Waals surface area contributed by atoms with E-state index in [4.69, 9.17) is 14.6 Å². The SMILES string of the molecule is CC(C(=O)O)C(C)c1ccc(OC(C)(C)C(=O)OC(C)(C)C)cc1. The van der Waals surface area contributed by atoms with Crippen molar-refractivity contribution in [2.45, 2.75) is 65.6 Å². The van der Waals surface area contributed by atoms with Crippen LogP contribution in [0, 0.1) is 5.92 Å². The average Bonchev–Trinajstić information content (AvgIpc) is 2.44. The molecule has 0 heterocycles. The van der Waals surface area contributed by atoms with Gasteiger partial charge in [0.1, 0.15) is 11.4 Å². The third kappa shape index (κ3) is 5.55. The van der Waals surface area contributed by atoms with Gasteiger partial charge in [0.05, 0.1) is 5.92 Å². The van der Waals surface area contributed by atoms with E-state index in [-0.39, 0.29) is 5.92 Å². The van der Waals surface area contributed by atoms with E-state index >= 15 is 0 Å². The molecule has 0 aliphatic heterocycles. The summed E-state index contributed by atoms with van der Waals surface area (Å²) in [5, 5.41) is 9.10. The summed E-state index contributed by atoms with van der Waals surface area (Å²) in [6.45, 7) is 12.3. The molecule has 0 saturated carbocycles. The highest BCUT2D eigenvalue weighted by molar-refractivity contribution is 5.79. The molecule has 2 atom stereocenters. The lowest BCUT2D eigenvalue weighted by Crippen LogP contribution is -2.43. The van der Waals surface area contributed by atoms with E-state index < -0.39 is 29.1 Å². The minimum Gasteiger partial charge on any atom is -0.481 e. The van der Waals surface area contributed by atoms with Gasteiger partial charge in [0.2, 0.25) is 0 Å². The number of rotatable bonds is 6. The van der Waals surface area contributed by atoms with Crippen LogP contribution in [0.3, 0.4) is 0 Å². The number of hydrogen-bond acceptors (Lipinski definition) is 4. The standard InChI is InChI=1S/C19H28O5/c1-12(13(2)16(20)21)14-8-10-15(11-9-14)23-19(6,7)17(22)24-18(3,4)5/h8-13H,1-7H3,(H,20,21). The Kier molecular flexibility index (Phi) is 6.04. The summed E-state index contributed by atoms with van der Waals surface area (Å²) >= 11 is 0. The van der Waals surface area contributed by atoms with Crippen molar-refractivity contribution in [2.24, 2.45) is 5.92 Å². The summed E-state index contributed by atoms with van der Waals surface area (Å²) < 4.78 is 11.1. The molecule has 0 spiro atoms. The lowest BCUT2D eigenvalue weighted by atomic mass is 9.89. The van der Waals surface area contributed by atoms with Crippen molar-refractivity contribution in [3.63, 3.8) is 0 Å². The predicted octanol–water partition coefficient (Wildman–Crippen LogP) is 4.01. The molecule has 2 unspecified atom stereocenters. The Balaban J connectivity index is 2.83. The zero-order chi connectivity index (χ0) is 18.7. The van der Waals surface area contributed by atoms with E-state index in [1.165, 1.54) is 0 Å². The zero-order valence-corrected chi connectivity index (χ0v) is 15.5. The second-order valence-electron chi connectivity index (χ2n) is 7.60. The second kappa shape index (κ2) is 7.24. The van der Waals surface area contributed by atoms with Crippen LogP contribution >= 0.6 is 0 Å². The molecule has 0 saturated heterocycles. The first-order valence-corrected chi connectivity index (χ1v) is 8.09. The summed E-state index contributed by atoms with van der Waals surface area (Å²) in [4.78, 5) is 23.3. The highest BCUT2D eigenvalue weighted by atomic mass is 16.6. The van der Waals surface area contributed by atoms with Crippen LogP contribution in [0.2, 0.25) is 0 Å². The third-order valence-electron chi connectivity index (χ3n) is 3.81. The number of aliphatic carboxylic acids is 1. The molecule has 0 aromatic heterocycles. The molecule has 0 radical (unpaired) electrons. The Morgan fingerprint density at radius 3 is 1.92 bits per heavy atom. The molecule has 1 N–H and O–H groups in total. The molecule has 0 amide bonds. The van der Waals surface area contributed by atoms with Crippen LogP contribution in [0.15, 0.2) is 24.3 Å². The Hall–Kier alpha value is -2.04. The van der Waals surface area contributed by atoms with Gasteiger partial charge >= 0.3 is 11.9 Å². The summed E-state index contributed by atoms with van der Waals surface area (Å²) in [5.74, 6) is -1.32. The van der Waals surface area contributed by atoms with Crippen molar-refractivity contribution >= 4 is 11.9 Å². The fraction of sp³-hybridized carbons (Fsp3) is 0.579. The van der Waals surface area contributed by atoms with Crippen LogP contribution in [0.25, 0.3) is 0 Å². The molecule has 0 fully saturated rings. The lowest BCUT2D eigenvalue weighted by Gasteiger charge is -2.29. The molecule has 0 bridgehead atoms. The quantitative estimate of drug-likeness (QED) is 0.795.